The lowest BCUT2D eigenvalue weighted by molar-refractivity contribution is 0.0741. The molecule has 6 rings (SSSR count). The minimum atomic E-state index is -0.0327. The van der Waals surface area contributed by atoms with Crippen LogP contribution >= 0.6 is 23.1 Å². The van der Waals surface area contributed by atoms with Gasteiger partial charge in [-0.25, -0.2) is 4.98 Å². The van der Waals surface area contributed by atoms with E-state index >= 15 is 0 Å². The molecular weight excluding hydrogens is 532 g/mol. The Bertz CT molecular complexity index is 1540. The number of carbonyl (C=O) groups is 1. The van der Waals surface area contributed by atoms with Crippen LogP contribution in [0.1, 0.15) is 15.5 Å². The number of rotatable bonds is 8. The summed E-state index contributed by atoms with van der Waals surface area (Å²) in [5.41, 5.74) is 2.49. The smallest absolute Gasteiger partial charge is 0.273 e. The van der Waals surface area contributed by atoms with Gasteiger partial charge in [0.05, 0.1) is 24.8 Å². The maximum Gasteiger partial charge on any atom is 0.273 e. The summed E-state index contributed by atoms with van der Waals surface area (Å²) in [5.74, 6) is 2.66. The van der Waals surface area contributed by atoms with Crippen molar-refractivity contribution in [3.63, 3.8) is 0 Å². The molecule has 198 valence electrons. The highest BCUT2D eigenvalue weighted by atomic mass is 32.2. The number of amides is 1. The van der Waals surface area contributed by atoms with Gasteiger partial charge in [0, 0.05) is 37.2 Å². The van der Waals surface area contributed by atoms with E-state index in [2.05, 4.69) is 26.1 Å². The number of methoxy groups -OCH3 is 1. The second kappa shape index (κ2) is 11.3. The molecule has 5 aromatic rings. The van der Waals surface area contributed by atoms with Crippen molar-refractivity contribution in [1.29, 1.82) is 0 Å². The molecule has 0 N–H and O–H groups in total. The van der Waals surface area contributed by atoms with E-state index in [0.717, 1.165) is 40.4 Å². The summed E-state index contributed by atoms with van der Waals surface area (Å²) < 4.78 is 13.1. The molecule has 3 aromatic heterocycles. The van der Waals surface area contributed by atoms with E-state index in [1.54, 1.807) is 13.4 Å². The first kappa shape index (κ1) is 25.2. The highest BCUT2D eigenvalue weighted by Gasteiger charge is 2.25. The number of para-hydroxylation sites is 3. The molecular formula is C28H26N6O3S2. The molecule has 2 aromatic carbocycles. The Hall–Kier alpha value is -4.09. The highest BCUT2D eigenvalue weighted by molar-refractivity contribution is 7.98. The minimum Gasteiger partial charge on any atom is -0.495 e. The summed E-state index contributed by atoms with van der Waals surface area (Å²) in [6.07, 6.45) is 1.62. The van der Waals surface area contributed by atoms with Crippen molar-refractivity contribution in [2.45, 2.75) is 10.9 Å². The van der Waals surface area contributed by atoms with Gasteiger partial charge in [0.1, 0.15) is 16.5 Å². The predicted octanol–water partition coefficient (Wildman–Crippen LogP) is 5.25. The zero-order valence-corrected chi connectivity index (χ0v) is 22.9. The molecule has 39 heavy (non-hydrogen) atoms. The number of ether oxygens (including phenoxy) is 1. The van der Waals surface area contributed by atoms with E-state index in [1.807, 2.05) is 75.5 Å². The maximum absolute atomic E-state index is 13.2. The van der Waals surface area contributed by atoms with Crippen molar-refractivity contribution in [3.8, 4) is 23.0 Å². The van der Waals surface area contributed by atoms with Gasteiger partial charge in [-0.2, -0.15) is 0 Å². The van der Waals surface area contributed by atoms with Crippen molar-refractivity contribution < 1.29 is 13.9 Å². The van der Waals surface area contributed by atoms with Gasteiger partial charge in [-0.3, -0.25) is 9.36 Å². The largest absolute Gasteiger partial charge is 0.495 e. The Balaban J connectivity index is 1.12. The molecule has 0 atom stereocenters. The standard InChI is InChI=1S/C28H26N6O3S2/c1-36-23-11-6-5-10-22(23)32-13-15-33(16-14-32)27(35)21-18-38-25(29-21)19-39-28-31-30-26(24-12-7-17-37-24)34(28)20-8-3-2-4-9-20/h2-12,17-18H,13-16,19H2,1H3. The van der Waals surface area contributed by atoms with E-state index in [-0.39, 0.29) is 5.91 Å². The molecule has 0 unspecified atom stereocenters. The molecule has 9 nitrogen and oxygen atoms in total. The average Bonchev–Trinajstić information content (AvgIpc) is 3.77. The number of anilines is 1. The number of benzene rings is 2. The van der Waals surface area contributed by atoms with Crippen molar-refractivity contribution >= 4 is 34.7 Å². The van der Waals surface area contributed by atoms with E-state index in [9.17, 15) is 4.79 Å². The van der Waals surface area contributed by atoms with Crippen LogP contribution in [0.5, 0.6) is 5.75 Å². The van der Waals surface area contributed by atoms with E-state index in [0.29, 0.717) is 36.1 Å². The van der Waals surface area contributed by atoms with E-state index in [4.69, 9.17) is 9.15 Å². The molecule has 1 fully saturated rings. The molecule has 1 aliphatic heterocycles. The van der Waals surface area contributed by atoms with Crippen LogP contribution in [0.2, 0.25) is 0 Å². The van der Waals surface area contributed by atoms with E-state index in [1.165, 1.54) is 23.1 Å². The summed E-state index contributed by atoms with van der Waals surface area (Å²) in [6, 6.07) is 21.6. The third-order valence-corrected chi connectivity index (χ3v) is 8.45. The summed E-state index contributed by atoms with van der Waals surface area (Å²) in [4.78, 5) is 22.0. The average molecular weight is 559 g/mol. The van der Waals surface area contributed by atoms with Crippen LogP contribution in [-0.4, -0.2) is 63.8 Å². The van der Waals surface area contributed by atoms with Gasteiger partial charge >= 0.3 is 0 Å². The van der Waals surface area contributed by atoms with E-state index < -0.39 is 0 Å². The summed E-state index contributed by atoms with van der Waals surface area (Å²) in [6.45, 7) is 2.75. The SMILES string of the molecule is COc1ccccc1N1CCN(C(=O)c2csc(CSc3nnc(-c4ccco4)n3-c3ccccc3)n2)CC1. The van der Waals surface area contributed by atoms with Crippen molar-refractivity contribution in [2.24, 2.45) is 0 Å². The number of carbonyl (C=O) groups excluding carboxylic acids is 1. The topological polar surface area (TPSA) is 89.5 Å². The Morgan fingerprint density at radius 2 is 1.79 bits per heavy atom. The van der Waals surface area contributed by atoms with Gasteiger partial charge in [0.25, 0.3) is 5.91 Å². The fourth-order valence-corrected chi connectivity index (χ4v) is 6.28. The number of aromatic nitrogens is 4. The number of furan rings is 1. The minimum absolute atomic E-state index is 0.0327. The quantitative estimate of drug-likeness (QED) is 0.239. The lowest BCUT2D eigenvalue weighted by Crippen LogP contribution is -2.49. The van der Waals surface area contributed by atoms with Crippen molar-refractivity contribution in [1.82, 2.24) is 24.6 Å². The fourth-order valence-electron chi connectivity index (χ4n) is 4.54. The van der Waals surface area contributed by atoms with Gasteiger partial charge in [-0.05, 0) is 36.4 Å². The normalized spacial score (nSPS) is 13.6. The van der Waals surface area contributed by atoms with Gasteiger partial charge in [-0.15, -0.1) is 21.5 Å². The number of thioether (sulfide) groups is 1. The monoisotopic (exact) mass is 558 g/mol. The first-order valence-electron chi connectivity index (χ1n) is 12.5. The van der Waals surface area contributed by atoms with Gasteiger partial charge in [-0.1, -0.05) is 42.1 Å². The highest BCUT2D eigenvalue weighted by Crippen LogP contribution is 2.31. The number of hydrogen-bond acceptors (Lipinski definition) is 9. The summed E-state index contributed by atoms with van der Waals surface area (Å²) in [7, 11) is 1.68. The number of nitrogens with zero attached hydrogens (tertiary/aromatic N) is 6. The van der Waals surface area contributed by atoms with Crippen LogP contribution in [0.4, 0.5) is 5.69 Å². The molecule has 0 aliphatic carbocycles. The molecule has 0 bridgehead atoms. The Morgan fingerprint density at radius 1 is 1.00 bits per heavy atom. The van der Waals surface area contributed by atoms with Crippen molar-refractivity contribution in [2.75, 3.05) is 38.2 Å². The molecule has 0 saturated carbocycles. The summed E-state index contributed by atoms with van der Waals surface area (Å²) in [5, 5.41) is 12.2. The Morgan fingerprint density at radius 3 is 2.56 bits per heavy atom. The third-order valence-electron chi connectivity index (χ3n) is 6.48. The number of hydrogen-bond donors (Lipinski definition) is 0. The van der Waals surface area contributed by atoms with Crippen LogP contribution in [0.15, 0.2) is 87.9 Å². The van der Waals surface area contributed by atoms with Crippen LogP contribution in [-0.2, 0) is 5.75 Å². The first-order chi connectivity index (χ1) is 19.2. The van der Waals surface area contributed by atoms with Crippen molar-refractivity contribution in [3.05, 3.63) is 89.1 Å². The Labute approximate surface area is 234 Å². The van der Waals surface area contributed by atoms with Gasteiger partial charge in [0.15, 0.2) is 10.9 Å². The lowest BCUT2D eigenvalue weighted by atomic mass is 10.2. The maximum atomic E-state index is 13.2. The molecule has 11 heteroatoms. The second-order valence-electron chi connectivity index (χ2n) is 8.82. The first-order valence-corrected chi connectivity index (χ1v) is 14.4. The Kier molecular flexibility index (Phi) is 7.33. The van der Waals surface area contributed by atoms with Crippen LogP contribution < -0.4 is 9.64 Å². The predicted molar refractivity (Wildman–Crippen MR) is 152 cm³/mol. The molecule has 0 radical (unpaired) electrons. The van der Waals surface area contributed by atoms with Crippen LogP contribution in [0.25, 0.3) is 17.3 Å². The number of piperazine rings is 1. The van der Waals surface area contributed by atoms with Gasteiger partial charge in [0.2, 0.25) is 5.82 Å². The third kappa shape index (κ3) is 5.27. The lowest BCUT2D eigenvalue weighted by Gasteiger charge is -2.36. The molecule has 1 aliphatic rings. The zero-order chi connectivity index (χ0) is 26.6. The molecule has 1 amide bonds. The molecule has 1 saturated heterocycles. The molecule has 0 spiro atoms. The zero-order valence-electron chi connectivity index (χ0n) is 21.3. The fraction of sp³-hybridized carbons (Fsp3) is 0.214. The summed E-state index contributed by atoms with van der Waals surface area (Å²) >= 11 is 3.01. The number of thiazole rings is 1. The van der Waals surface area contributed by atoms with Crippen LogP contribution in [0.3, 0.4) is 0 Å². The van der Waals surface area contributed by atoms with Crippen LogP contribution in [0, 0.1) is 0 Å². The second-order valence-corrected chi connectivity index (χ2v) is 10.7. The van der Waals surface area contributed by atoms with Gasteiger partial charge < -0.3 is 19.0 Å². The molecule has 4 heterocycles.